The first-order chi connectivity index (χ1) is 9.97. The molecular formula is C14H16Cl2N2O3. The van der Waals surface area contributed by atoms with Crippen LogP contribution in [0.15, 0.2) is 12.3 Å². The quantitative estimate of drug-likeness (QED) is 0.861. The zero-order chi connectivity index (χ0) is 15.4. The molecule has 2 heterocycles. The third kappa shape index (κ3) is 4.32. The van der Waals surface area contributed by atoms with Gasteiger partial charge in [-0.1, -0.05) is 23.2 Å². The lowest BCUT2D eigenvalue weighted by molar-refractivity contribution is -0.137. The number of carbonyl (C=O) groups is 2. The summed E-state index contributed by atoms with van der Waals surface area (Å²) in [6.07, 6.45) is 3.98. The van der Waals surface area contributed by atoms with Crippen LogP contribution in [0.2, 0.25) is 10.2 Å². The van der Waals surface area contributed by atoms with Crippen molar-refractivity contribution in [2.24, 2.45) is 5.92 Å². The van der Waals surface area contributed by atoms with Crippen molar-refractivity contribution in [2.45, 2.75) is 25.7 Å². The van der Waals surface area contributed by atoms with Gasteiger partial charge in [0.05, 0.1) is 10.6 Å². The Balaban J connectivity index is 2.01. The molecule has 1 aromatic rings. The van der Waals surface area contributed by atoms with E-state index in [4.69, 9.17) is 28.3 Å². The van der Waals surface area contributed by atoms with Gasteiger partial charge < -0.3 is 10.0 Å². The van der Waals surface area contributed by atoms with Crippen molar-refractivity contribution in [3.63, 3.8) is 0 Å². The molecule has 1 saturated heterocycles. The first kappa shape index (κ1) is 16.0. The molecule has 1 fully saturated rings. The number of hydrogen-bond donors (Lipinski definition) is 1. The minimum absolute atomic E-state index is 0.138. The van der Waals surface area contributed by atoms with Crippen molar-refractivity contribution in [1.82, 2.24) is 9.88 Å². The number of aliphatic carboxylic acids is 1. The predicted octanol–water partition coefficient (Wildman–Crippen LogP) is 3.11. The summed E-state index contributed by atoms with van der Waals surface area (Å²) in [6.45, 7) is 1.25. The van der Waals surface area contributed by atoms with Crippen LogP contribution in [0.5, 0.6) is 0 Å². The summed E-state index contributed by atoms with van der Waals surface area (Å²) in [4.78, 5) is 28.7. The normalized spacial score (nSPS) is 18.6. The van der Waals surface area contributed by atoms with Gasteiger partial charge in [-0.05, 0) is 31.2 Å². The van der Waals surface area contributed by atoms with Gasteiger partial charge >= 0.3 is 5.97 Å². The Hall–Kier alpha value is -1.33. The summed E-state index contributed by atoms with van der Waals surface area (Å²) in [5, 5.41) is 9.16. The Morgan fingerprint density at radius 1 is 1.43 bits per heavy atom. The van der Waals surface area contributed by atoms with E-state index in [1.165, 1.54) is 12.3 Å². The molecule has 1 atom stereocenters. The van der Waals surface area contributed by atoms with Crippen LogP contribution in [0.25, 0.3) is 0 Å². The monoisotopic (exact) mass is 330 g/mol. The van der Waals surface area contributed by atoms with Gasteiger partial charge in [-0.15, -0.1) is 0 Å². The van der Waals surface area contributed by atoms with Crippen molar-refractivity contribution in [3.05, 3.63) is 28.0 Å². The number of hydrogen-bond acceptors (Lipinski definition) is 3. The SMILES string of the molecule is O=C(O)CCC1CCCN(C(=O)c2cnc(Cl)c(Cl)c2)C1. The number of pyridine rings is 1. The minimum atomic E-state index is -0.799. The number of nitrogens with zero attached hydrogens (tertiary/aromatic N) is 2. The number of amides is 1. The smallest absolute Gasteiger partial charge is 0.303 e. The maximum absolute atomic E-state index is 12.4. The Labute approximate surface area is 132 Å². The maximum Gasteiger partial charge on any atom is 0.303 e. The van der Waals surface area contributed by atoms with Gasteiger partial charge in [0.15, 0.2) is 0 Å². The third-order valence-corrected chi connectivity index (χ3v) is 4.30. The Morgan fingerprint density at radius 2 is 2.19 bits per heavy atom. The van der Waals surface area contributed by atoms with E-state index in [0.717, 1.165) is 12.8 Å². The minimum Gasteiger partial charge on any atom is -0.481 e. The lowest BCUT2D eigenvalue weighted by Crippen LogP contribution is -2.40. The number of carboxylic acid groups (broad SMARTS) is 1. The van der Waals surface area contributed by atoms with Gasteiger partial charge in [-0.25, -0.2) is 4.98 Å². The molecule has 0 spiro atoms. The summed E-state index contributed by atoms with van der Waals surface area (Å²) >= 11 is 11.6. The highest BCUT2D eigenvalue weighted by Crippen LogP contribution is 2.24. The average molecular weight is 331 g/mol. The van der Waals surface area contributed by atoms with Crippen LogP contribution in [-0.4, -0.2) is 40.0 Å². The number of carbonyl (C=O) groups excluding carboxylic acids is 1. The zero-order valence-corrected chi connectivity index (χ0v) is 12.9. The van der Waals surface area contributed by atoms with E-state index in [0.29, 0.717) is 25.1 Å². The second-order valence-electron chi connectivity index (χ2n) is 5.19. The number of halogens is 2. The summed E-state index contributed by atoms with van der Waals surface area (Å²) in [5.74, 6) is -0.706. The standard InChI is InChI=1S/C14H16Cl2N2O3/c15-11-6-10(7-17-13(11)16)14(21)18-5-1-2-9(8-18)3-4-12(19)20/h6-7,9H,1-5,8H2,(H,19,20). The maximum atomic E-state index is 12.4. The van der Waals surface area contributed by atoms with Gasteiger partial charge in [0.25, 0.3) is 5.91 Å². The van der Waals surface area contributed by atoms with E-state index in [-0.39, 0.29) is 28.4 Å². The fourth-order valence-corrected chi connectivity index (χ4v) is 2.80. The van der Waals surface area contributed by atoms with Crippen LogP contribution in [0.1, 0.15) is 36.0 Å². The number of carboxylic acids is 1. The van der Waals surface area contributed by atoms with Crippen LogP contribution < -0.4 is 0 Å². The second kappa shape index (κ2) is 7.09. The summed E-state index contributed by atoms with van der Waals surface area (Å²) < 4.78 is 0. The van der Waals surface area contributed by atoms with E-state index in [9.17, 15) is 9.59 Å². The Kier molecular flexibility index (Phi) is 5.42. The zero-order valence-electron chi connectivity index (χ0n) is 11.4. The molecule has 0 bridgehead atoms. The Morgan fingerprint density at radius 3 is 2.86 bits per heavy atom. The summed E-state index contributed by atoms with van der Waals surface area (Å²) in [7, 11) is 0. The molecule has 7 heteroatoms. The molecule has 0 saturated carbocycles. The molecule has 1 aliphatic heterocycles. The van der Waals surface area contributed by atoms with Gasteiger partial charge in [-0.2, -0.15) is 0 Å². The second-order valence-corrected chi connectivity index (χ2v) is 5.95. The fourth-order valence-electron chi connectivity index (χ4n) is 2.53. The predicted molar refractivity (Wildman–Crippen MR) is 79.8 cm³/mol. The van der Waals surface area contributed by atoms with Crippen LogP contribution >= 0.6 is 23.2 Å². The topological polar surface area (TPSA) is 70.5 Å². The first-order valence-corrected chi connectivity index (χ1v) is 7.55. The van der Waals surface area contributed by atoms with Crippen molar-refractivity contribution < 1.29 is 14.7 Å². The van der Waals surface area contributed by atoms with E-state index >= 15 is 0 Å². The van der Waals surface area contributed by atoms with Crippen molar-refractivity contribution in [1.29, 1.82) is 0 Å². The lowest BCUT2D eigenvalue weighted by atomic mass is 9.93. The fraction of sp³-hybridized carbons (Fsp3) is 0.500. The Bertz CT molecular complexity index is 551. The molecule has 0 radical (unpaired) electrons. The van der Waals surface area contributed by atoms with Crippen molar-refractivity contribution >= 4 is 35.1 Å². The van der Waals surface area contributed by atoms with Crippen LogP contribution in [0.4, 0.5) is 0 Å². The van der Waals surface area contributed by atoms with Gasteiger partial charge in [0.2, 0.25) is 0 Å². The molecule has 5 nitrogen and oxygen atoms in total. The third-order valence-electron chi connectivity index (χ3n) is 3.62. The van der Waals surface area contributed by atoms with Crippen LogP contribution in [0, 0.1) is 5.92 Å². The van der Waals surface area contributed by atoms with Crippen LogP contribution in [0.3, 0.4) is 0 Å². The van der Waals surface area contributed by atoms with Crippen molar-refractivity contribution in [3.8, 4) is 0 Å². The number of likely N-dealkylation sites (tertiary alicyclic amines) is 1. The molecule has 1 aromatic heterocycles. The number of piperidine rings is 1. The van der Waals surface area contributed by atoms with Gasteiger partial charge in [-0.3, -0.25) is 9.59 Å². The average Bonchev–Trinajstić information content (AvgIpc) is 2.47. The molecule has 0 aliphatic carbocycles. The highest BCUT2D eigenvalue weighted by Gasteiger charge is 2.25. The molecule has 2 rings (SSSR count). The molecule has 0 aromatic carbocycles. The first-order valence-electron chi connectivity index (χ1n) is 6.79. The molecular weight excluding hydrogens is 315 g/mol. The molecule has 1 unspecified atom stereocenters. The highest BCUT2D eigenvalue weighted by molar-refractivity contribution is 6.41. The molecule has 21 heavy (non-hydrogen) atoms. The summed E-state index contributed by atoms with van der Waals surface area (Å²) in [5.41, 5.74) is 0.406. The van der Waals surface area contributed by atoms with E-state index in [1.807, 2.05) is 0 Å². The van der Waals surface area contributed by atoms with E-state index in [1.54, 1.807) is 4.90 Å². The number of aromatic nitrogens is 1. The van der Waals surface area contributed by atoms with E-state index in [2.05, 4.69) is 4.98 Å². The van der Waals surface area contributed by atoms with Gasteiger partial charge in [0, 0.05) is 25.7 Å². The highest BCUT2D eigenvalue weighted by atomic mass is 35.5. The molecule has 1 amide bonds. The lowest BCUT2D eigenvalue weighted by Gasteiger charge is -2.32. The number of rotatable bonds is 4. The van der Waals surface area contributed by atoms with Gasteiger partial charge in [0.1, 0.15) is 5.15 Å². The van der Waals surface area contributed by atoms with Crippen molar-refractivity contribution in [2.75, 3.05) is 13.1 Å². The molecule has 1 N–H and O–H groups in total. The largest absolute Gasteiger partial charge is 0.481 e. The molecule has 1 aliphatic rings. The van der Waals surface area contributed by atoms with Crippen LogP contribution in [-0.2, 0) is 4.79 Å². The summed E-state index contributed by atoms with van der Waals surface area (Å²) in [6, 6.07) is 1.51. The van der Waals surface area contributed by atoms with E-state index < -0.39 is 5.97 Å². The molecule has 114 valence electrons.